The lowest BCUT2D eigenvalue weighted by molar-refractivity contribution is -0.138. The highest BCUT2D eigenvalue weighted by atomic mass is 19.4. The quantitative estimate of drug-likeness (QED) is 0.911. The summed E-state index contributed by atoms with van der Waals surface area (Å²) in [4.78, 5) is 28.9. The van der Waals surface area contributed by atoms with Crippen LogP contribution in [0.1, 0.15) is 16.8 Å². The van der Waals surface area contributed by atoms with Gasteiger partial charge < -0.3 is 10.1 Å². The zero-order chi connectivity index (χ0) is 16.5. The van der Waals surface area contributed by atoms with Crippen LogP contribution in [0.5, 0.6) is 0 Å². The van der Waals surface area contributed by atoms with Crippen molar-refractivity contribution in [3.8, 4) is 11.4 Å². The molecule has 0 bridgehead atoms. The Bertz CT molecular complexity index is 782. The Morgan fingerprint density at radius 1 is 1.36 bits per heavy atom. The number of benzene rings is 1. The van der Waals surface area contributed by atoms with Gasteiger partial charge in [0.05, 0.1) is 12.0 Å². The number of carboxylic acid groups (broad SMARTS) is 1. The van der Waals surface area contributed by atoms with Crippen molar-refractivity contribution in [2.75, 3.05) is 0 Å². The second-order valence-electron chi connectivity index (χ2n) is 4.63. The molecule has 0 amide bonds. The normalized spacial score (nSPS) is 11.5. The molecule has 2 N–H and O–H groups in total. The van der Waals surface area contributed by atoms with Crippen molar-refractivity contribution in [1.82, 2.24) is 9.97 Å². The minimum atomic E-state index is -4.51. The van der Waals surface area contributed by atoms with E-state index in [1.165, 1.54) is 19.1 Å². The number of aromatic nitrogens is 2. The fourth-order valence-corrected chi connectivity index (χ4v) is 1.95. The average Bonchev–Trinajstić information content (AvgIpc) is 2.41. The zero-order valence-corrected chi connectivity index (χ0v) is 11.4. The van der Waals surface area contributed by atoms with Gasteiger partial charge in [0, 0.05) is 16.8 Å². The molecule has 8 heteroatoms. The van der Waals surface area contributed by atoms with Crippen LogP contribution in [0.3, 0.4) is 0 Å². The maximum absolute atomic E-state index is 12.7. The number of H-pyrrole nitrogens is 1. The summed E-state index contributed by atoms with van der Waals surface area (Å²) >= 11 is 0. The van der Waals surface area contributed by atoms with Crippen molar-refractivity contribution in [3.63, 3.8) is 0 Å². The van der Waals surface area contributed by atoms with Crippen LogP contribution in [-0.4, -0.2) is 21.0 Å². The Hall–Kier alpha value is -2.64. The molecule has 22 heavy (non-hydrogen) atoms. The highest BCUT2D eigenvalue weighted by Crippen LogP contribution is 2.31. The lowest BCUT2D eigenvalue weighted by Gasteiger charge is -2.09. The number of halogens is 3. The van der Waals surface area contributed by atoms with Gasteiger partial charge in [-0.05, 0) is 19.1 Å². The van der Waals surface area contributed by atoms with E-state index in [9.17, 15) is 22.8 Å². The smallest absolute Gasteiger partial charge is 0.416 e. The predicted octanol–water partition coefficient (Wildman–Crippen LogP) is 2.39. The van der Waals surface area contributed by atoms with E-state index in [0.717, 1.165) is 12.1 Å². The molecule has 1 aromatic carbocycles. The van der Waals surface area contributed by atoms with Crippen LogP contribution in [0.15, 0.2) is 29.1 Å². The number of alkyl halides is 3. The number of carboxylic acids is 1. The molecule has 0 spiro atoms. The van der Waals surface area contributed by atoms with Crippen molar-refractivity contribution in [2.45, 2.75) is 19.5 Å². The maximum atomic E-state index is 12.7. The number of aliphatic carboxylic acids is 1. The molecule has 1 heterocycles. The second-order valence-corrected chi connectivity index (χ2v) is 4.63. The van der Waals surface area contributed by atoms with Gasteiger partial charge in [0.15, 0.2) is 0 Å². The fourth-order valence-electron chi connectivity index (χ4n) is 1.95. The molecule has 116 valence electrons. The Balaban J connectivity index is 2.51. The Kier molecular flexibility index (Phi) is 4.03. The lowest BCUT2D eigenvalue weighted by atomic mass is 10.1. The van der Waals surface area contributed by atoms with Crippen molar-refractivity contribution < 1.29 is 23.1 Å². The number of carbonyl (C=O) groups is 1. The molecule has 0 fully saturated rings. The molecule has 5 nitrogen and oxygen atoms in total. The number of hydrogen-bond donors (Lipinski definition) is 2. The number of rotatable bonds is 3. The number of hydrogen-bond acceptors (Lipinski definition) is 3. The van der Waals surface area contributed by atoms with Gasteiger partial charge in [0.25, 0.3) is 5.56 Å². The molecule has 0 saturated heterocycles. The van der Waals surface area contributed by atoms with E-state index in [0.29, 0.717) is 0 Å². The van der Waals surface area contributed by atoms with E-state index >= 15 is 0 Å². The SMILES string of the molecule is Cc1nc(-c2cccc(C(F)(F)F)c2)[nH]c(=O)c1CC(=O)O. The number of aromatic amines is 1. The molecular weight excluding hydrogens is 301 g/mol. The highest BCUT2D eigenvalue weighted by molar-refractivity contribution is 5.70. The van der Waals surface area contributed by atoms with Crippen molar-refractivity contribution in [2.24, 2.45) is 0 Å². The largest absolute Gasteiger partial charge is 0.481 e. The summed E-state index contributed by atoms with van der Waals surface area (Å²) in [6.07, 6.45) is -5.01. The first-order chi connectivity index (χ1) is 10.2. The summed E-state index contributed by atoms with van der Waals surface area (Å²) in [5, 5.41) is 8.72. The average molecular weight is 312 g/mol. The molecule has 0 atom stereocenters. The summed E-state index contributed by atoms with van der Waals surface area (Å²) in [6.45, 7) is 1.44. The second kappa shape index (κ2) is 5.63. The van der Waals surface area contributed by atoms with Crippen molar-refractivity contribution in [1.29, 1.82) is 0 Å². The molecule has 0 aliphatic heterocycles. The zero-order valence-electron chi connectivity index (χ0n) is 11.4. The van der Waals surface area contributed by atoms with E-state index in [4.69, 9.17) is 5.11 Å². The van der Waals surface area contributed by atoms with E-state index in [1.807, 2.05) is 0 Å². The van der Waals surface area contributed by atoms with Crippen LogP contribution in [-0.2, 0) is 17.4 Å². The van der Waals surface area contributed by atoms with Gasteiger partial charge in [-0.15, -0.1) is 0 Å². The van der Waals surface area contributed by atoms with Gasteiger partial charge in [-0.2, -0.15) is 13.2 Å². The molecule has 0 aliphatic rings. The van der Waals surface area contributed by atoms with Gasteiger partial charge >= 0.3 is 12.1 Å². The first-order valence-corrected chi connectivity index (χ1v) is 6.17. The molecular formula is C14H11F3N2O3. The summed E-state index contributed by atoms with van der Waals surface area (Å²) in [5.74, 6) is -1.23. The topological polar surface area (TPSA) is 83.0 Å². The van der Waals surface area contributed by atoms with Gasteiger partial charge in [-0.3, -0.25) is 9.59 Å². The fraction of sp³-hybridized carbons (Fsp3) is 0.214. The third-order valence-electron chi connectivity index (χ3n) is 3.01. The van der Waals surface area contributed by atoms with E-state index in [2.05, 4.69) is 9.97 Å². The highest BCUT2D eigenvalue weighted by Gasteiger charge is 2.30. The number of nitrogens with zero attached hydrogens (tertiary/aromatic N) is 1. The van der Waals surface area contributed by atoms with Gasteiger partial charge in [0.1, 0.15) is 5.82 Å². The minimum Gasteiger partial charge on any atom is -0.481 e. The number of nitrogens with one attached hydrogen (secondary N) is 1. The number of aryl methyl sites for hydroxylation is 1. The predicted molar refractivity (Wildman–Crippen MR) is 71.4 cm³/mol. The Morgan fingerprint density at radius 2 is 2.05 bits per heavy atom. The molecule has 1 aromatic heterocycles. The molecule has 2 aromatic rings. The van der Waals surface area contributed by atoms with Crippen molar-refractivity contribution >= 4 is 5.97 Å². The maximum Gasteiger partial charge on any atom is 0.416 e. The van der Waals surface area contributed by atoms with E-state index < -0.39 is 29.7 Å². The summed E-state index contributed by atoms with van der Waals surface area (Å²) in [7, 11) is 0. The van der Waals surface area contributed by atoms with Crippen LogP contribution in [0.4, 0.5) is 13.2 Å². The molecule has 0 saturated carbocycles. The summed E-state index contributed by atoms with van der Waals surface area (Å²) in [6, 6.07) is 4.37. The van der Waals surface area contributed by atoms with Crippen LogP contribution in [0.25, 0.3) is 11.4 Å². The summed E-state index contributed by atoms with van der Waals surface area (Å²) < 4.78 is 38.1. The van der Waals surface area contributed by atoms with Crippen LogP contribution >= 0.6 is 0 Å². The van der Waals surface area contributed by atoms with Gasteiger partial charge in [-0.1, -0.05) is 12.1 Å². The van der Waals surface area contributed by atoms with E-state index in [-0.39, 0.29) is 22.6 Å². The summed E-state index contributed by atoms with van der Waals surface area (Å²) in [5.41, 5.74) is -1.30. The molecule has 0 aliphatic carbocycles. The third kappa shape index (κ3) is 3.33. The third-order valence-corrected chi connectivity index (χ3v) is 3.01. The molecule has 2 rings (SSSR count). The molecule has 0 unspecified atom stereocenters. The first-order valence-electron chi connectivity index (χ1n) is 6.17. The monoisotopic (exact) mass is 312 g/mol. The first kappa shape index (κ1) is 15.7. The van der Waals surface area contributed by atoms with E-state index in [1.54, 1.807) is 0 Å². The lowest BCUT2D eigenvalue weighted by Crippen LogP contribution is -2.20. The van der Waals surface area contributed by atoms with Gasteiger partial charge in [-0.25, -0.2) is 4.98 Å². The van der Waals surface area contributed by atoms with Crippen LogP contribution in [0.2, 0.25) is 0 Å². The Labute approximate surface area is 122 Å². The Morgan fingerprint density at radius 3 is 2.59 bits per heavy atom. The van der Waals surface area contributed by atoms with Crippen LogP contribution < -0.4 is 5.56 Å². The van der Waals surface area contributed by atoms with Gasteiger partial charge in [0.2, 0.25) is 0 Å². The standard InChI is InChI=1S/C14H11F3N2O3/c1-7-10(6-11(20)21)13(22)19-12(18-7)8-3-2-4-9(5-8)14(15,16)17/h2-5H,6H2,1H3,(H,20,21)(H,18,19,22). The van der Waals surface area contributed by atoms with Crippen LogP contribution in [0, 0.1) is 6.92 Å². The minimum absolute atomic E-state index is 0.0248. The van der Waals surface area contributed by atoms with Crippen molar-refractivity contribution in [3.05, 3.63) is 51.4 Å². The molecule has 0 radical (unpaired) electrons.